The number of carboxylic acids is 1. The Hall–Kier alpha value is -2.51. The Morgan fingerprint density at radius 1 is 1.33 bits per heavy atom. The number of esters is 1. The molecular formula is C16H17F2NO5. The summed E-state index contributed by atoms with van der Waals surface area (Å²) in [6.07, 6.45) is 0.0412. The molecule has 1 aliphatic rings. The molecule has 1 aromatic rings. The summed E-state index contributed by atoms with van der Waals surface area (Å²) in [7, 11) is 1.15. The van der Waals surface area contributed by atoms with Crippen molar-refractivity contribution >= 4 is 17.8 Å². The quantitative estimate of drug-likeness (QED) is 0.761. The largest absolute Gasteiger partial charge is 0.481 e. The summed E-state index contributed by atoms with van der Waals surface area (Å²) >= 11 is 0. The van der Waals surface area contributed by atoms with E-state index in [0.29, 0.717) is 0 Å². The third-order valence-corrected chi connectivity index (χ3v) is 4.15. The number of rotatable bonds is 6. The molecule has 0 spiro atoms. The summed E-state index contributed by atoms with van der Waals surface area (Å²) in [5.74, 6) is -5.42. The number of benzene rings is 1. The van der Waals surface area contributed by atoms with Crippen molar-refractivity contribution < 1.29 is 33.0 Å². The molecule has 1 saturated carbocycles. The molecule has 0 heterocycles. The van der Waals surface area contributed by atoms with Crippen LogP contribution >= 0.6 is 0 Å². The molecule has 1 aromatic carbocycles. The molecule has 1 atom stereocenters. The van der Waals surface area contributed by atoms with Gasteiger partial charge in [-0.25, -0.2) is 13.6 Å². The highest BCUT2D eigenvalue weighted by Crippen LogP contribution is 2.36. The van der Waals surface area contributed by atoms with E-state index in [0.717, 1.165) is 13.2 Å². The lowest BCUT2D eigenvalue weighted by molar-refractivity contribution is -0.154. The fourth-order valence-corrected chi connectivity index (χ4v) is 2.71. The van der Waals surface area contributed by atoms with Crippen molar-refractivity contribution in [3.05, 3.63) is 35.4 Å². The van der Waals surface area contributed by atoms with E-state index in [2.05, 4.69) is 10.1 Å². The zero-order chi connectivity index (χ0) is 17.9. The number of ether oxygens (including phenoxy) is 1. The molecule has 2 N–H and O–H groups in total. The SMILES string of the molecule is COC(=O)C(NC(=O)Cc1cccc(F)c1F)C1CC(C(=O)O)C1. The first-order chi connectivity index (χ1) is 11.3. The van der Waals surface area contributed by atoms with Crippen molar-refractivity contribution in [3.63, 3.8) is 0 Å². The van der Waals surface area contributed by atoms with E-state index in [1.807, 2.05) is 0 Å². The van der Waals surface area contributed by atoms with Crippen molar-refractivity contribution in [2.24, 2.45) is 11.8 Å². The topological polar surface area (TPSA) is 92.7 Å². The predicted molar refractivity (Wildman–Crippen MR) is 77.9 cm³/mol. The van der Waals surface area contributed by atoms with Crippen LogP contribution < -0.4 is 5.32 Å². The normalized spacial score (nSPS) is 20.6. The van der Waals surface area contributed by atoms with Crippen molar-refractivity contribution in [1.29, 1.82) is 0 Å². The maximum atomic E-state index is 13.6. The first-order valence-corrected chi connectivity index (χ1v) is 7.36. The highest BCUT2D eigenvalue weighted by molar-refractivity contribution is 5.86. The van der Waals surface area contributed by atoms with Crippen LogP contribution in [0.4, 0.5) is 8.78 Å². The predicted octanol–water partition coefficient (Wildman–Crippen LogP) is 1.28. The third kappa shape index (κ3) is 3.87. The number of methoxy groups -OCH3 is 1. The van der Waals surface area contributed by atoms with Gasteiger partial charge in [-0.1, -0.05) is 12.1 Å². The van der Waals surface area contributed by atoms with Gasteiger partial charge in [-0.05, 0) is 24.8 Å². The lowest BCUT2D eigenvalue weighted by atomic mass is 9.71. The van der Waals surface area contributed by atoms with Gasteiger partial charge in [-0.15, -0.1) is 0 Å². The maximum absolute atomic E-state index is 13.6. The number of carbonyl (C=O) groups excluding carboxylic acids is 2. The van der Waals surface area contributed by atoms with E-state index in [4.69, 9.17) is 5.11 Å². The average Bonchev–Trinajstić information content (AvgIpc) is 2.48. The molecule has 0 radical (unpaired) electrons. The maximum Gasteiger partial charge on any atom is 0.328 e. The van der Waals surface area contributed by atoms with Crippen molar-refractivity contribution in [3.8, 4) is 0 Å². The second-order valence-corrected chi connectivity index (χ2v) is 5.72. The van der Waals surface area contributed by atoms with Crippen LogP contribution in [0.5, 0.6) is 0 Å². The Morgan fingerprint density at radius 2 is 2.00 bits per heavy atom. The molecule has 24 heavy (non-hydrogen) atoms. The van der Waals surface area contributed by atoms with Gasteiger partial charge in [0.1, 0.15) is 6.04 Å². The van der Waals surface area contributed by atoms with E-state index in [1.54, 1.807) is 0 Å². The molecular weight excluding hydrogens is 324 g/mol. The molecule has 1 amide bonds. The Morgan fingerprint density at radius 3 is 2.58 bits per heavy atom. The first-order valence-electron chi connectivity index (χ1n) is 7.36. The molecule has 0 saturated heterocycles. The minimum Gasteiger partial charge on any atom is -0.481 e. The summed E-state index contributed by atoms with van der Waals surface area (Å²) in [6, 6.07) is 2.49. The molecule has 130 valence electrons. The van der Waals surface area contributed by atoms with Gasteiger partial charge in [-0.2, -0.15) is 0 Å². The van der Waals surface area contributed by atoms with Crippen molar-refractivity contribution in [1.82, 2.24) is 5.32 Å². The van der Waals surface area contributed by atoms with E-state index in [-0.39, 0.29) is 24.3 Å². The van der Waals surface area contributed by atoms with Gasteiger partial charge in [0.2, 0.25) is 5.91 Å². The minimum absolute atomic E-state index is 0.131. The molecule has 1 unspecified atom stereocenters. The summed E-state index contributed by atoms with van der Waals surface area (Å²) in [5, 5.41) is 11.3. The fraction of sp³-hybridized carbons (Fsp3) is 0.438. The van der Waals surface area contributed by atoms with Crippen LogP contribution in [0, 0.1) is 23.5 Å². The second-order valence-electron chi connectivity index (χ2n) is 5.72. The Labute approximate surface area is 136 Å². The van der Waals surface area contributed by atoms with E-state index < -0.39 is 47.9 Å². The first kappa shape index (κ1) is 17.8. The van der Waals surface area contributed by atoms with Gasteiger partial charge in [0.25, 0.3) is 0 Å². The smallest absolute Gasteiger partial charge is 0.328 e. The summed E-state index contributed by atoms with van der Waals surface area (Å²) in [4.78, 5) is 34.7. The lowest BCUT2D eigenvalue weighted by Gasteiger charge is -2.37. The number of carbonyl (C=O) groups is 3. The Kier molecular flexibility index (Phi) is 5.48. The van der Waals surface area contributed by atoms with Crippen LogP contribution in [0.2, 0.25) is 0 Å². The van der Waals surface area contributed by atoms with E-state index >= 15 is 0 Å². The molecule has 0 aliphatic heterocycles. The van der Waals surface area contributed by atoms with Crippen molar-refractivity contribution in [2.45, 2.75) is 25.3 Å². The Balaban J connectivity index is 2.01. The summed E-state index contributed by atoms with van der Waals surface area (Å²) in [5.41, 5.74) is -0.131. The summed E-state index contributed by atoms with van der Waals surface area (Å²) < 4.78 is 31.4. The fourth-order valence-electron chi connectivity index (χ4n) is 2.71. The van der Waals surface area contributed by atoms with Gasteiger partial charge in [0.05, 0.1) is 19.4 Å². The molecule has 1 fully saturated rings. The van der Waals surface area contributed by atoms with Gasteiger partial charge >= 0.3 is 11.9 Å². The molecule has 2 rings (SSSR count). The van der Waals surface area contributed by atoms with Crippen LogP contribution in [-0.4, -0.2) is 36.1 Å². The summed E-state index contributed by atoms with van der Waals surface area (Å²) in [6.45, 7) is 0. The van der Waals surface area contributed by atoms with Crippen LogP contribution in [-0.2, 0) is 25.5 Å². The highest BCUT2D eigenvalue weighted by atomic mass is 19.2. The number of nitrogens with one attached hydrogen (secondary N) is 1. The zero-order valence-corrected chi connectivity index (χ0v) is 12.9. The van der Waals surface area contributed by atoms with Crippen LogP contribution in [0.1, 0.15) is 18.4 Å². The molecule has 0 aromatic heterocycles. The monoisotopic (exact) mass is 341 g/mol. The van der Waals surface area contributed by atoms with Crippen LogP contribution in [0.25, 0.3) is 0 Å². The molecule has 1 aliphatic carbocycles. The number of aliphatic carboxylic acids is 1. The van der Waals surface area contributed by atoms with E-state index in [1.165, 1.54) is 12.1 Å². The number of hydrogen-bond acceptors (Lipinski definition) is 4. The molecule has 0 bridgehead atoms. The van der Waals surface area contributed by atoms with E-state index in [9.17, 15) is 23.2 Å². The van der Waals surface area contributed by atoms with Crippen LogP contribution in [0.3, 0.4) is 0 Å². The van der Waals surface area contributed by atoms with Gasteiger partial charge in [0.15, 0.2) is 11.6 Å². The molecule has 8 heteroatoms. The third-order valence-electron chi connectivity index (χ3n) is 4.15. The number of amides is 1. The number of hydrogen-bond donors (Lipinski definition) is 2. The number of halogens is 2. The van der Waals surface area contributed by atoms with Gasteiger partial charge in [0, 0.05) is 5.56 Å². The Bertz CT molecular complexity index is 658. The van der Waals surface area contributed by atoms with Gasteiger partial charge in [-0.3, -0.25) is 9.59 Å². The number of carboxylic acid groups (broad SMARTS) is 1. The zero-order valence-electron chi connectivity index (χ0n) is 12.9. The minimum atomic E-state index is -1.11. The van der Waals surface area contributed by atoms with Crippen LogP contribution in [0.15, 0.2) is 18.2 Å². The highest BCUT2D eigenvalue weighted by Gasteiger charge is 2.43. The lowest BCUT2D eigenvalue weighted by Crippen LogP contribution is -2.52. The second kappa shape index (κ2) is 7.37. The molecule has 6 nitrogen and oxygen atoms in total. The van der Waals surface area contributed by atoms with Gasteiger partial charge < -0.3 is 15.2 Å². The average molecular weight is 341 g/mol. The van der Waals surface area contributed by atoms with Crippen molar-refractivity contribution in [2.75, 3.05) is 7.11 Å². The standard InChI is InChI=1S/C16H17F2NO5/c1-24-16(23)14(9-5-10(6-9)15(21)22)19-12(20)7-8-3-2-4-11(17)13(8)18/h2-4,9-10,14H,5-7H2,1H3,(H,19,20)(H,21,22).